The van der Waals surface area contributed by atoms with E-state index in [0.29, 0.717) is 0 Å². The van der Waals surface area contributed by atoms with Crippen molar-refractivity contribution in [1.29, 1.82) is 0 Å². The first kappa shape index (κ1) is 14.2. The van der Waals surface area contributed by atoms with E-state index in [9.17, 15) is 22.8 Å². The molecular weight excluding hydrogens is 285 g/mol. The molecule has 5 nitrogen and oxygen atoms in total. The predicted molar refractivity (Wildman–Crippen MR) is 46.9 cm³/mol. The number of hydrogen-bond acceptors (Lipinski definition) is 4. The summed E-state index contributed by atoms with van der Waals surface area (Å²) in [6, 6.07) is 0. The maximum absolute atomic E-state index is 11.7. The third-order valence-electron chi connectivity index (χ3n) is 1.09. The Morgan fingerprint density at radius 1 is 1.47 bits per heavy atom. The number of carbonyl (C=O) groups excluding carboxylic acids is 2. The van der Waals surface area contributed by atoms with E-state index in [2.05, 4.69) is 26.0 Å². The Hall–Kier alpha value is -0.830. The van der Waals surface area contributed by atoms with Gasteiger partial charge in [0.05, 0.1) is 0 Å². The third-order valence-corrected chi connectivity index (χ3v) is 1.69. The van der Waals surface area contributed by atoms with Gasteiger partial charge in [0.15, 0.2) is 0 Å². The molecule has 0 aliphatic rings. The molecule has 9 heteroatoms. The molecule has 0 saturated carbocycles. The Morgan fingerprint density at radius 2 is 2.00 bits per heavy atom. The van der Waals surface area contributed by atoms with Gasteiger partial charge in [-0.15, -0.1) is 0 Å². The molecule has 1 atom stereocenters. The van der Waals surface area contributed by atoms with Crippen LogP contribution in [0.5, 0.6) is 0 Å². The first-order valence-electron chi connectivity index (χ1n) is 3.68. The molecule has 0 rings (SSSR count). The molecule has 0 aromatic rings. The van der Waals surface area contributed by atoms with Crippen molar-refractivity contribution < 1.29 is 27.5 Å². The van der Waals surface area contributed by atoms with Crippen LogP contribution in [0, 0.1) is 0 Å². The molecule has 0 bridgehead atoms. The average Bonchev–Trinajstić information content (AvgIpc) is 2.12. The van der Waals surface area contributed by atoms with Gasteiger partial charge in [-0.2, -0.15) is 13.2 Å². The Labute approximate surface area is 91.3 Å². The van der Waals surface area contributed by atoms with Crippen LogP contribution in [0.3, 0.4) is 0 Å². The summed E-state index contributed by atoms with van der Waals surface area (Å²) in [5.41, 5.74) is 5.03. The standard InChI is InChI=1S/C6H8BrF3N2O3/c7-3(4(13)12-2-1-11)15-5(14)6(8,9)10/h3H,1-2,11H2,(H,12,13). The van der Waals surface area contributed by atoms with Crippen molar-refractivity contribution in [2.24, 2.45) is 5.73 Å². The van der Waals surface area contributed by atoms with E-state index in [0.717, 1.165) is 0 Å². The van der Waals surface area contributed by atoms with Gasteiger partial charge in [-0.25, -0.2) is 4.79 Å². The van der Waals surface area contributed by atoms with Gasteiger partial charge in [-0.05, 0) is 15.9 Å². The molecule has 0 aromatic heterocycles. The molecule has 0 spiro atoms. The molecular formula is C6H8BrF3N2O3. The molecule has 1 unspecified atom stereocenters. The monoisotopic (exact) mass is 292 g/mol. The highest BCUT2D eigenvalue weighted by Crippen LogP contribution is 2.18. The van der Waals surface area contributed by atoms with Crippen LogP contribution < -0.4 is 11.1 Å². The maximum atomic E-state index is 11.7. The van der Waals surface area contributed by atoms with Crippen molar-refractivity contribution in [3.63, 3.8) is 0 Å². The van der Waals surface area contributed by atoms with Crippen molar-refractivity contribution in [3.8, 4) is 0 Å². The summed E-state index contributed by atoms with van der Waals surface area (Å²) in [7, 11) is 0. The first-order valence-corrected chi connectivity index (χ1v) is 4.60. The largest absolute Gasteiger partial charge is 0.490 e. The Bertz CT molecular complexity index is 246. The molecule has 88 valence electrons. The van der Waals surface area contributed by atoms with Gasteiger partial charge in [0.1, 0.15) is 0 Å². The number of hydrogen-bond donors (Lipinski definition) is 2. The average molecular weight is 293 g/mol. The SMILES string of the molecule is NCCNC(=O)C(Br)OC(=O)C(F)(F)F. The van der Waals surface area contributed by atoms with Crippen LogP contribution in [0.2, 0.25) is 0 Å². The van der Waals surface area contributed by atoms with E-state index in [1.165, 1.54) is 0 Å². The fourth-order valence-corrected chi connectivity index (χ4v) is 0.822. The smallest absolute Gasteiger partial charge is 0.434 e. The highest BCUT2D eigenvalue weighted by Gasteiger charge is 2.42. The van der Waals surface area contributed by atoms with Gasteiger partial charge < -0.3 is 15.8 Å². The highest BCUT2D eigenvalue weighted by atomic mass is 79.9. The fourth-order valence-electron chi connectivity index (χ4n) is 0.490. The van der Waals surface area contributed by atoms with Crippen molar-refractivity contribution in [3.05, 3.63) is 0 Å². The summed E-state index contributed by atoms with van der Waals surface area (Å²) in [6.45, 7) is 0.198. The summed E-state index contributed by atoms with van der Waals surface area (Å²) in [4.78, 5) is 21.2. The molecule has 0 aliphatic heterocycles. The van der Waals surface area contributed by atoms with Crippen molar-refractivity contribution in [1.82, 2.24) is 5.32 Å². The number of nitrogens with one attached hydrogen (secondary N) is 1. The fraction of sp³-hybridized carbons (Fsp3) is 0.667. The molecule has 0 fully saturated rings. The molecule has 3 N–H and O–H groups in total. The lowest BCUT2D eigenvalue weighted by molar-refractivity contribution is -0.201. The topological polar surface area (TPSA) is 81.4 Å². The number of esters is 1. The van der Waals surface area contributed by atoms with Gasteiger partial charge in [0.2, 0.25) is 5.01 Å². The Kier molecular flexibility index (Phi) is 5.58. The van der Waals surface area contributed by atoms with E-state index in [1.807, 2.05) is 0 Å². The molecule has 0 aliphatic carbocycles. The molecule has 0 saturated heterocycles. The van der Waals surface area contributed by atoms with Gasteiger partial charge in [-0.3, -0.25) is 4.79 Å². The first-order chi connectivity index (χ1) is 6.79. The van der Waals surface area contributed by atoms with E-state index in [4.69, 9.17) is 5.73 Å². The number of alkyl halides is 4. The predicted octanol–water partition coefficient (Wildman–Crippen LogP) is -0.112. The number of carbonyl (C=O) groups is 2. The van der Waals surface area contributed by atoms with Crippen molar-refractivity contribution in [2.45, 2.75) is 11.2 Å². The second kappa shape index (κ2) is 5.91. The summed E-state index contributed by atoms with van der Waals surface area (Å²) < 4.78 is 38.8. The number of amides is 1. The minimum absolute atomic E-state index is 0.0739. The minimum atomic E-state index is -5.12. The zero-order chi connectivity index (χ0) is 12.1. The summed E-state index contributed by atoms with van der Waals surface area (Å²) in [6.07, 6.45) is -5.12. The molecule has 15 heavy (non-hydrogen) atoms. The van der Waals surface area contributed by atoms with Crippen molar-refractivity contribution in [2.75, 3.05) is 13.1 Å². The lowest BCUT2D eigenvalue weighted by atomic mass is 10.5. The number of rotatable bonds is 4. The van der Waals surface area contributed by atoms with Crippen LogP contribution in [0.15, 0.2) is 0 Å². The second-order valence-corrected chi connectivity index (χ2v) is 3.13. The van der Waals surface area contributed by atoms with E-state index < -0.39 is 23.1 Å². The maximum Gasteiger partial charge on any atom is 0.490 e. The van der Waals surface area contributed by atoms with E-state index in [-0.39, 0.29) is 13.1 Å². The zero-order valence-electron chi connectivity index (χ0n) is 7.31. The van der Waals surface area contributed by atoms with Gasteiger partial charge in [0.25, 0.3) is 5.91 Å². The molecule has 0 heterocycles. The quantitative estimate of drug-likeness (QED) is 0.559. The summed E-state index contributed by atoms with van der Waals surface area (Å²) in [5.74, 6) is -3.34. The van der Waals surface area contributed by atoms with Crippen LogP contribution in [0.4, 0.5) is 13.2 Å². The lowest BCUT2D eigenvalue weighted by Gasteiger charge is -2.12. The van der Waals surface area contributed by atoms with Gasteiger partial charge in [0, 0.05) is 13.1 Å². The van der Waals surface area contributed by atoms with Crippen LogP contribution in [0.1, 0.15) is 0 Å². The Balaban J connectivity index is 4.08. The van der Waals surface area contributed by atoms with Gasteiger partial charge >= 0.3 is 12.1 Å². The minimum Gasteiger partial charge on any atom is -0.434 e. The highest BCUT2D eigenvalue weighted by molar-refractivity contribution is 9.09. The number of ether oxygens (including phenoxy) is 1. The third kappa shape index (κ3) is 5.57. The molecule has 1 amide bonds. The second-order valence-electron chi connectivity index (χ2n) is 2.30. The molecule has 0 radical (unpaired) electrons. The van der Waals surface area contributed by atoms with Crippen LogP contribution in [-0.2, 0) is 14.3 Å². The van der Waals surface area contributed by atoms with Gasteiger partial charge in [-0.1, -0.05) is 0 Å². The molecule has 0 aromatic carbocycles. The summed E-state index contributed by atoms with van der Waals surface area (Å²) >= 11 is 2.47. The summed E-state index contributed by atoms with van der Waals surface area (Å²) in [5, 5.41) is 0.451. The number of nitrogens with two attached hydrogens (primary N) is 1. The Morgan fingerprint density at radius 3 is 2.40 bits per heavy atom. The van der Waals surface area contributed by atoms with E-state index in [1.54, 1.807) is 0 Å². The van der Waals surface area contributed by atoms with E-state index >= 15 is 0 Å². The van der Waals surface area contributed by atoms with Crippen LogP contribution >= 0.6 is 15.9 Å². The van der Waals surface area contributed by atoms with Crippen LogP contribution in [-0.4, -0.2) is 36.2 Å². The van der Waals surface area contributed by atoms with Crippen LogP contribution in [0.25, 0.3) is 0 Å². The number of halogens is 4. The van der Waals surface area contributed by atoms with Crippen molar-refractivity contribution >= 4 is 27.8 Å². The zero-order valence-corrected chi connectivity index (χ0v) is 8.89. The lowest BCUT2D eigenvalue weighted by Crippen LogP contribution is -2.39. The normalized spacial score (nSPS) is 13.1.